The van der Waals surface area contributed by atoms with Crippen molar-refractivity contribution in [3.8, 4) is 11.5 Å². The van der Waals surface area contributed by atoms with E-state index in [9.17, 15) is 4.79 Å². The van der Waals surface area contributed by atoms with Gasteiger partial charge in [0.05, 0.1) is 5.69 Å². The Kier molecular flexibility index (Phi) is 5.26. The highest BCUT2D eigenvalue weighted by Gasteiger charge is 2.09. The third-order valence-corrected chi connectivity index (χ3v) is 3.90. The number of oxazole rings is 1. The lowest BCUT2D eigenvalue weighted by Gasteiger charge is -2.15. The minimum Gasteiger partial charge on any atom is -0.444 e. The van der Waals surface area contributed by atoms with Crippen molar-refractivity contribution in [1.29, 1.82) is 0 Å². The third-order valence-electron chi connectivity index (χ3n) is 3.90. The molecule has 0 atom stereocenters. The fraction of sp³-hybridized carbons (Fsp3) is 0.200. The molecule has 1 aromatic heterocycles. The van der Waals surface area contributed by atoms with E-state index in [1.54, 1.807) is 13.3 Å². The van der Waals surface area contributed by atoms with Crippen LogP contribution >= 0.6 is 0 Å². The molecular weight excluding hydrogens is 314 g/mol. The molecule has 0 fully saturated rings. The van der Waals surface area contributed by atoms with Gasteiger partial charge in [-0.3, -0.25) is 9.69 Å². The smallest absolute Gasteiger partial charge is 0.251 e. The highest BCUT2D eigenvalue weighted by atomic mass is 16.3. The van der Waals surface area contributed by atoms with Crippen molar-refractivity contribution in [2.45, 2.75) is 13.1 Å². The summed E-state index contributed by atoms with van der Waals surface area (Å²) in [5.74, 6) is 0.565. The van der Waals surface area contributed by atoms with Crippen LogP contribution in [-0.2, 0) is 13.1 Å². The van der Waals surface area contributed by atoms with E-state index < -0.39 is 0 Å². The molecule has 0 saturated carbocycles. The zero-order valence-corrected chi connectivity index (χ0v) is 14.4. The number of benzene rings is 2. The van der Waals surface area contributed by atoms with Crippen LogP contribution in [0.1, 0.15) is 21.6 Å². The van der Waals surface area contributed by atoms with E-state index in [0.717, 1.165) is 23.4 Å². The first-order valence-corrected chi connectivity index (χ1v) is 8.15. The summed E-state index contributed by atoms with van der Waals surface area (Å²) >= 11 is 0. The Bertz CT molecular complexity index is 826. The van der Waals surface area contributed by atoms with E-state index >= 15 is 0 Å². The lowest BCUT2D eigenvalue weighted by Crippen LogP contribution is -2.19. The first kappa shape index (κ1) is 16.9. The van der Waals surface area contributed by atoms with Crippen LogP contribution in [0.3, 0.4) is 0 Å². The van der Waals surface area contributed by atoms with E-state index in [-0.39, 0.29) is 5.91 Å². The average molecular weight is 335 g/mol. The number of aromatic nitrogens is 1. The number of nitrogens with one attached hydrogen (secondary N) is 1. The van der Waals surface area contributed by atoms with Gasteiger partial charge in [0, 0.05) is 31.3 Å². The molecule has 5 heteroatoms. The van der Waals surface area contributed by atoms with Crippen LogP contribution in [0.4, 0.5) is 0 Å². The molecule has 5 nitrogen and oxygen atoms in total. The second-order valence-corrected chi connectivity index (χ2v) is 5.96. The van der Waals surface area contributed by atoms with Crippen LogP contribution in [0, 0.1) is 0 Å². The molecule has 3 rings (SSSR count). The Hall–Kier alpha value is -2.92. The Morgan fingerprint density at radius 2 is 1.80 bits per heavy atom. The summed E-state index contributed by atoms with van der Waals surface area (Å²) in [6.45, 7) is 1.45. The zero-order valence-electron chi connectivity index (χ0n) is 14.4. The maximum Gasteiger partial charge on any atom is 0.251 e. The maximum absolute atomic E-state index is 11.6. The molecule has 0 saturated heterocycles. The molecule has 0 unspecified atom stereocenters. The van der Waals surface area contributed by atoms with Crippen LogP contribution in [0.5, 0.6) is 0 Å². The Balaban J connectivity index is 1.60. The number of nitrogens with zero attached hydrogens (tertiary/aromatic N) is 2. The van der Waals surface area contributed by atoms with Crippen molar-refractivity contribution in [3.63, 3.8) is 0 Å². The standard InChI is InChI=1S/C20H21N3O2/c1-21-19(24)16-10-8-15(9-11-16)12-23(2)13-18-14-25-20(22-18)17-6-4-3-5-7-17/h3-11,14H,12-13H2,1-2H3,(H,21,24). The number of rotatable bonds is 6. The van der Waals surface area contributed by atoms with Gasteiger partial charge in [0.1, 0.15) is 6.26 Å². The van der Waals surface area contributed by atoms with Crippen molar-refractivity contribution < 1.29 is 9.21 Å². The van der Waals surface area contributed by atoms with Crippen molar-refractivity contribution in [2.24, 2.45) is 0 Å². The number of carbonyl (C=O) groups excluding carboxylic acids is 1. The predicted octanol–water partition coefficient (Wildman–Crippen LogP) is 3.33. The molecule has 1 N–H and O–H groups in total. The van der Waals surface area contributed by atoms with Crippen molar-refractivity contribution in [1.82, 2.24) is 15.2 Å². The van der Waals surface area contributed by atoms with Gasteiger partial charge in [0.25, 0.3) is 5.91 Å². The van der Waals surface area contributed by atoms with Crippen molar-refractivity contribution in [3.05, 3.63) is 77.7 Å². The number of hydrogen-bond donors (Lipinski definition) is 1. The van der Waals surface area contributed by atoms with Gasteiger partial charge in [-0.1, -0.05) is 30.3 Å². The summed E-state index contributed by atoms with van der Waals surface area (Å²) in [4.78, 5) is 18.3. The van der Waals surface area contributed by atoms with E-state index in [1.165, 1.54) is 0 Å². The summed E-state index contributed by atoms with van der Waals surface area (Å²) in [5, 5.41) is 2.62. The van der Waals surface area contributed by atoms with Gasteiger partial charge in [-0.2, -0.15) is 0 Å². The second-order valence-electron chi connectivity index (χ2n) is 5.96. The molecule has 25 heavy (non-hydrogen) atoms. The molecule has 2 aromatic carbocycles. The van der Waals surface area contributed by atoms with Crippen LogP contribution in [0.15, 0.2) is 65.3 Å². The Labute approximate surface area is 147 Å². The fourth-order valence-corrected chi connectivity index (χ4v) is 2.64. The van der Waals surface area contributed by atoms with Gasteiger partial charge in [0.15, 0.2) is 0 Å². The molecule has 1 heterocycles. The average Bonchev–Trinajstić information content (AvgIpc) is 3.10. The van der Waals surface area contributed by atoms with Gasteiger partial charge >= 0.3 is 0 Å². The molecule has 3 aromatic rings. The zero-order chi connectivity index (χ0) is 17.6. The first-order valence-electron chi connectivity index (χ1n) is 8.15. The topological polar surface area (TPSA) is 58.4 Å². The summed E-state index contributed by atoms with van der Waals surface area (Å²) in [5.41, 5.74) is 3.67. The first-order chi connectivity index (χ1) is 12.2. The van der Waals surface area contributed by atoms with Gasteiger partial charge in [-0.05, 0) is 36.9 Å². The molecule has 128 valence electrons. The van der Waals surface area contributed by atoms with Crippen LogP contribution in [0.25, 0.3) is 11.5 Å². The number of carbonyl (C=O) groups is 1. The molecule has 0 bridgehead atoms. The fourth-order valence-electron chi connectivity index (χ4n) is 2.64. The van der Waals surface area contributed by atoms with Gasteiger partial charge < -0.3 is 9.73 Å². The highest BCUT2D eigenvalue weighted by Crippen LogP contribution is 2.19. The summed E-state index contributed by atoms with van der Waals surface area (Å²) in [6.07, 6.45) is 1.70. The Morgan fingerprint density at radius 1 is 1.08 bits per heavy atom. The Morgan fingerprint density at radius 3 is 2.48 bits per heavy atom. The molecule has 1 amide bonds. The van der Waals surface area contributed by atoms with E-state index in [4.69, 9.17) is 4.42 Å². The normalized spacial score (nSPS) is 10.8. The van der Waals surface area contributed by atoms with Crippen LogP contribution < -0.4 is 5.32 Å². The SMILES string of the molecule is CNC(=O)c1ccc(CN(C)Cc2coc(-c3ccccc3)n2)cc1. The molecule has 0 aliphatic rings. The predicted molar refractivity (Wildman–Crippen MR) is 96.9 cm³/mol. The summed E-state index contributed by atoms with van der Waals surface area (Å²) in [7, 11) is 3.66. The van der Waals surface area contributed by atoms with Crippen molar-refractivity contribution in [2.75, 3.05) is 14.1 Å². The van der Waals surface area contributed by atoms with E-state index in [0.29, 0.717) is 18.0 Å². The van der Waals surface area contributed by atoms with Crippen LogP contribution in [0.2, 0.25) is 0 Å². The lowest BCUT2D eigenvalue weighted by atomic mass is 10.1. The molecule has 0 spiro atoms. The van der Waals surface area contributed by atoms with E-state index in [2.05, 4.69) is 15.2 Å². The molecule has 0 aliphatic carbocycles. The number of hydrogen-bond acceptors (Lipinski definition) is 4. The number of amides is 1. The minimum absolute atomic E-state index is 0.0732. The van der Waals surface area contributed by atoms with Crippen LogP contribution in [-0.4, -0.2) is 29.9 Å². The molecule has 0 radical (unpaired) electrons. The van der Waals surface area contributed by atoms with Gasteiger partial charge in [-0.25, -0.2) is 4.98 Å². The largest absolute Gasteiger partial charge is 0.444 e. The lowest BCUT2D eigenvalue weighted by molar-refractivity contribution is 0.0963. The van der Waals surface area contributed by atoms with E-state index in [1.807, 2.05) is 61.6 Å². The molecular formula is C20H21N3O2. The summed E-state index contributed by atoms with van der Waals surface area (Å²) in [6, 6.07) is 17.5. The second kappa shape index (κ2) is 7.77. The van der Waals surface area contributed by atoms with Gasteiger partial charge in [-0.15, -0.1) is 0 Å². The maximum atomic E-state index is 11.6. The summed E-state index contributed by atoms with van der Waals surface area (Å²) < 4.78 is 5.57. The van der Waals surface area contributed by atoms with Gasteiger partial charge in [0.2, 0.25) is 5.89 Å². The monoisotopic (exact) mass is 335 g/mol. The third kappa shape index (κ3) is 4.33. The minimum atomic E-state index is -0.0732. The quantitative estimate of drug-likeness (QED) is 0.751. The molecule has 0 aliphatic heterocycles. The van der Waals surface area contributed by atoms with Crippen molar-refractivity contribution >= 4 is 5.91 Å². The highest BCUT2D eigenvalue weighted by molar-refractivity contribution is 5.93.